The number of carbonyl (C=O) groups is 2. The number of nitrogens with zero attached hydrogens (tertiary/aromatic N) is 1. The number of benzene rings is 2. The summed E-state index contributed by atoms with van der Waals surface area (Å²) in [5.74, 6) is -3.79. The molecule has 13 heteroatoms. The van der Waals surface area contributed by atoms with Crippen molar-refractivity contribution in [3.05, 3.63) is 71.2 Å². The van der Waals surface area contributed by atoms with E-state index in [-0.39, 0.29) is 59.6 Å². The number of nitrogens with one attached hydrogen (secondary N) is 1. The quantitative estimate of drug-likeness (QED) is 0.245. The van der Waals surface area contributed by atoms with Crippen molar-refractivity contribution in [1.82, 2.24) is 10.3 Å². The Kier molecular flexibility index (Phi) is 8.92. The van der Waals surface area contributed by atoms with Crippen molar-refractivity contribution < 1.29 is 46.5 Å². The second-order valence-electron chi connectivity index (χ2n) is 11.3. The number of nitrogens with two attached hydrogens (primary N) is 1. The zero-order valence-corrected chi connectivity index (χ0v) is 24.6. The SMILES string of the molecule is CC[C@@]1(C(N)=O)COc2c1cc(C(CNC(=O)c1ccc(OC[C@@H](C)O)c(OC3CC3)c1)C(F)(F)F)nc2-c1ccc(F)cc1. The van der Waals surface area contributed by atoms with E-state index in [0.717, 1.165) is 31.0 Å². The Morgan fingerprint density at radius 1 is 1.16 bits per heavy atom. The predicted octanol–water partition coefficient (Wildman–Crippen LogP) is 4.79. The van der Waals surface area contributed by atoms with Gasteiger partial charge >= 0.3 is 6.18 Å². The predicted molar refractivity (Wildman–Crippen MR) is 155 cm³/mol. The fourth-order valence-electron chi connectivity index (χ4n) is 5.10. The number of amides is 2. The molecule has 2 aliphatic rings. The first kappa shape index (κ1) is 32.0. The van der Waals surface area contributed by atoms with Crippen LogP contribution >= 0.6 is 0 Å². The molecule has 2 aromatic carbocycles. The van der Waals surface area contributed by atoms with Gasteiger partial charge in [0.15, 0.2) is 11.5 Å². The molecule has 1 fully saturated rings. The largest absolute Gasteiger partial charge is 0.489 e. The van der Waals surface area contributed by atoms with Crippen LogP contribution in [0, 0.1) is 5.82 Å². The first-order valence-electron chi connectivity index (χ1n) is 14.5. The van der Waals surface area contributed by atoms with Crippen molar-refractivity contribution >= 4 is 11.8 Å². The minimum atomic E-state index is -4.87. The monoisotopic (exact) mass is 631 g/mol. The van der Waals surface area contributed by atoms with Crippen LogP contribution in [0.25, 0.3) is 11.3 Å². The number of fused-ring (bicyclic) bond motifs is 1. The van der Waals surface area contributed by atoms with Crippen LogP contribution in [0.2, 0.25) is 0 Å². The topological polar surface area (TPSA) is 133 Å². The van der Waals surface area contributed by atoms with Gasteiger partial charge < -0.3 is 30.4 Å². The zero-order chi connectivity index (χ0) is 32.5. The van der Waals surface area contributed by atoms with Gasteiger partial charge in [0.25, 0.3) is 5.91 Å². The lowest BCUT2D eigenvalue weighted by atomic mass is 9.78. The second-order valence-corrected chi connectivity index (χ2v) is 11.3. The normalized spacial score (nSPS) is 18.8. The number of pyridine rings is 1. The number of carbonyl (C=O) groups excluding carboxylic acids is 2. The molecule has 240 valence electrons. The van der Waals surface area contributed by atoms with Crippen molar-refractivity contribution in [2.45, 2.75) is 62.8 Å². The highest BCUT2D eigenvalue weighted by Crippen LogP contribution is 2.48. The molecule has 0 spiro atoms. The van der Waals surface area contributed by atoms with Crippen LogP contribution in [-0.4, -0.2) is 60.0 Å². The summed E-state index contributed by atoms with van der Waals surface area (Å²) in [7, 11) is 0. The number of aliphatic hydroxyl groups excluding tert-OH is 1. The molecule has 5 rings (SSSR count). The van der Waals surface area contributed by atoms with Crippen molar-refractivity contribution in [2.24, 2.45) is 5.73 Å². The highest BCUT2D eigenvalue weighted by molar-refractivity contribution is 5.95. The van der Waals surface area contributed by atoms with Crippen LogP contribution in [0.5, 0.6) is 17.2 Å². The minimum Gasteiger partial charge on any atom is -0.489 e. The average Bonchev–Trinajstić information content (AvgIpc) is 3.72. The summed E-state index contributed by atoms with van der Waals surface area (Å²) in [6, 6.07) is 10.3. The lowest BCUT2D eigenvalue weighted by Gasteiger charge is -2.25. The lowest BCUT2D eigenvalue weighted by Crippen LogP contribution is -2.42. The summed E-state index contributed by atoms with van der Waals surface area (Å²) in [4.78, 5) is 30.0. The molecule has 2 heterocycles. The third kappa shape index (κ3) is 6.82. The molecule has 0 bridgehead atoms. The van der Waals surface area contributed by atoms with Crippen LogP contribution in [0.1, 0.15) is 60.6 Å². The Balaban J connectivity index is 1.48. The number of halogens is 4. The summed E-state index contributed by atoms with van der Waals surface area (Å²) in [6.07, 6.45) is -3.91. The number of aliphatic hydroxyl groups is 1. The molecule has 2 amide bonds. The smallest absolute Gasteiger partial charge is 0.398 e. The van der Waals surface area contributed by atoms with Crippen LogP contribution in [0.15, 0.2) is 48.5 Å². The number of aromatic nitrogens is 1. The Bertz CT molecular complexity index is 1580. The third-order valence-corrected chi connectivity index (χ3v) is 7.89. The maximum Gasteiger partial charge on any atom is 0.398 e. The summed E-state index contributed by atoms with van der Waals surface area (Å²) < 4.78 is 74.8. The molecule has 4 N–H and O–H groups in total. The highest BCUT2D eigenvalue weighted by Gasteiger charge is 2.49. The molecule has 0 saturated heterocycles. The van der Waals surface area contributed by atoms with E-state index in [0.29, 0.717) is 5.75 Å². The van der Waals surface area contributed by atoms with Gasteiger partial charge in [0.1, 0.15) is 41.8 Å². The molecule has 1 unspecified atom stereocenters. The molecule has 1 aliphatic carbocycles. The first-order chi connectivity index (χ1) is 21.3. The van der Waals surface area contributed by atoms with Gasteiger partial charge in [-0.05, 0) is 74.7 Å². The number of hydrogen-bond acceptors (Lipinski definition) is 7. The van der Waals surface area contributed by atoms with Crippen molar-refractivity contribution in [3.8, 4) is 28.5 Å². The molecule has 1 saturated carbocycles. The second kappa shape index (κ2) is 12.5. The van der Waals surface area contributed by atoms with Crippen molar-refractivity contribution in [3.63, 3.8) is 0 Å². The van der Waals surface area contributed by atoms with Crippen LogP contribution in [-0.2, 0) is 10.2 Å². The van der Waals surface area contributed by atoms with Crippen LogP contribution < -0.4 is 25.3 Å². The zero-order valence-electron chi connectivity index (χ0n) is 24.6. The molecular formula is C32H33F4N3O6. The number of ether oxygens (including phenoxy) is 3. The van der Waals surface area contributed by atoms with Crippen LogP contribution in [0.3, 0.4) is 0 Å². The molecule has 3 atom stereocenters. The van der Waals surface area contributed by atoms with Crippen molar-refractivity contribution in [2.75, 3.05) is 19.8 Å². The lowest BCUT2D eigenvalue weighted by molar-refractivity contribution is -0.149. The minimum absolute atomic E-state index is 0.00527. The standard InChI is InChI=1S/C32H33F4N3O6/c1-3-31(30(37)42)16-44-28-22(31)13-24(39-27(28)18-4-7-20(33)8-5-18)23(32(34,35)36)14-38-29(41)19-6-11-25(43-15-17(2)40)26(12-19)45-21-9-10-21/h4-8,11-13,17,21,23,40H,3,9-10,14-16H2,1-2H3,(H2,37,42)(H,38,41)/t17-,23?,31-/m1/s1. The van der Waals surface area contributed by atoms with Gasteiger partial charge in [-0.1, -0.05) is 6.92 Å². The fraction of sp³-hybridized carbons (Fsp3) is 0.406. The van der Waals surface area contributed by atoms with E-state index in [1.807, 2.05) is 0 Å². The van der Waals surface area contributed by atoms with Gasteiger partial charge in [-0.15, -0.1) is 0 Å². The molecule has 9 nitrogen and oxygen atoms in total. The van der Waals surface area contributed by atoms with Crippen molar-refractivity contribution in [1.29, 1.82) is 0 Å². The van der Waals surface area contributed by atoms with Gasteiger partial charge in [0, 0.05) is 23.2 Å². The molecular weight excluding hydrogens is 598 g/mol. The molecule has 0 radical (unpaired) electrons. The first-order valence-corrected chi connectivity index (χ1v) is 14.5. The van der Waals surface area contributed by atoms with E-state index >= 15 is 0 Å². The van der Waals surface area contributed by atoms with Crippen LogP contribution in [0.4, 0.5) is 17.6 Å². The van der Waals surface area contributed by atoms with Gasteiger partial charge in [-0.25, -0.2) is 9.37 Å². The van der Waals surface area contributed by atoms with Gasteiger partial charge in [0.2, 0.25) is 5.91 Å². The summed E-state index contributed by atoms with van der Waals surface area (Å²) in [5.41, 5.74) is 4.32. The number of rotatable bonds is 12. The van der Waals surface area contributed by atoms with E-state index in [2.05, 4.69) is 10.3 Å². The van der Waals surface area contributed by atoms with E-state index < -0.39 is 53.5 Å². The maximum atomic E-state index is 14.6. The van der Waals surface area contributed by atoms with Gasteiger partial charge in [-0.3, -0.25) is 9.59 Å². The summed E-state index contributed by atoms with van der Waals surface area (Å²) in [6.45, 7) is 2.12. The van der Waals surface area contributed by atoms with E-state index in [1.165, 1.54) is 30.3 Å². The number of alkyl halides is 3. The Labute approximate surface area is 256 Å². The maximum absolute atomic E-state index is 14.6. The molecule has 1 aromatic heterocycles. The van der Waals surface area contributed by atoms with Gasteiger partial charge in [0.05, 0.1) is 17.9 Å². The van der Waals surface area contributed by atoms with E-state index in [4.69, 9.17) is 19.9 Å². The Morgan fingerprint density at radius 3 is 2.47 bits per heavy atom. The number of primary amides is 1. The molecule has 3 aromatic rings. The molecule has 1 aliphatic heterocycles. The van der Waals surface area contributed by atoms with Gasteiger partial charge in [-0.2, -0.15) is 13.2 Å². The highest BCUT2D eigenvalue weighted by atomic mass is 19.4. The molecule has 45 heavy (non-hydrogen) atoms. The third-order valence-electron chi connectivity index (χ3n) is 7.89. The summed E-state index contributed by atoms with van der Waals surface area (Å²) in [5, 5.41) is 11.9. The average molecular weight is 632 g/mol. The Hall–Kier alpha value is -4.39. The fourth-order valence-corrected chi connectivity index (χ4v) is 5.10. The Morgan fingerprint density at radius 2 is 1.87 bits per heavy atom. The van der Waals surface area contributed by atoms with E-state index in [9.17, 15) is 32.3 Å². The summed E-state index contributed by atoms with van der Waals surface area (Å²) >= 11 is 0. The van der Waals surface area contributed by atoms with E-state index in [1.54, 1.807) is 13.8 Å². The number of hydrogen-bond donors (Lipinski definition) is 3.